The highest BCUT2D eigenvalue weighted by Crippen LogP contribution is 2.22. The lowest BCUT2D eigenvalue weighted by molar-refractivity contribution is 0.116. The fraction of sp³-hybridized carbons (Fsp3) is 1.00. The highest BCUT2D eigenvalue weighted by Gasteiger charge is 2.22. The summed E-state index contributed by atoms with van der Waals surface area (Å²) in [5.74, 6) is 1.80. The van der Waals surface area contributed by atoms with Gasteiger partial charge in [-0.25, -0.2) is 0 Å². The van der Waals surface area contributed by atoms with Gasteiger partial charge in [0, 0.05) is 39.3 Å². The number of nitrogens with one attached hydrogen (secondary N) is 1. The van der Waals surface area contributed by atoms with Crippen molar-refractivity contribution in [3.8, 4) is 0 Å². The average molecular weight is 297 g/mol. The zero-order chi connectivity index (χ0) is 15.1. The molecular formula is C17H36N4. The molecule has 0 aromatic carbocycles. The van der Waals surface area contributed by atoms with Gasteiger partial charge in [-0.1, -0.05) is 6.92 Å². The first-order chi connectivity index (χ1) is 10.1. The Balaban J connectivity index is 1.57. The molecule has 0 aromatic heterocycles. The minimum Gasteiger partial charge on any atom is -0.316 e. The van der Waals surface area contributed by atoms with Crippen LogP contribution in [0.3, 0.4) is 0 Å². The number of piperidine rings is 1. The first-order valence-corrected chi connectivity index (χ1v) is 8.95. The fourth-order valence-electron chi connectivity index (χ4n) is 3.56. The van der Waals surface area contributed by atoms with Crippen LogP contribution in [-0.2, 0) is 0 Å². The Bertz CT molecular complexity index is 268. The van der Waals surface area contributed by atoms with Crippen molar-refractivity contribution in [2.45, 2.75) is 26.2 Å². The molecule has 2 rings (SSSR count). The Morgan fingerprint density at radius 1 is 1.10 bits per heavy atom. The van der Waals surface area contributed by atoms with E-state index in [1.54, 1.807) is 0 Å². The third kappa shape index (κ3) is 6.23. The molecule has 0 radical (unpaired) electrons. The highest BCUT2D eigenvalue weighted by atomic mass is 15.3. The molecule has 0 amide bonds. The Morgan fingerprint density at radius 2 is 1.76 bits per heavy atom. The molecule has 124 valence electrons. The zero-order valence-corrected chi connectivity index (χ0v) is 14.5. The monoisotopic (exact) mass is 296 g/mol. The van der Waals surface area contributed by atoms with Gasteiger partial charge in [-0.3, -0.25) is 4.90 Å². The molecule has 0 bridgehead atoms. The van der Waals surface area contributed by atoms with E-state index in [4.69, 9.17) is 0 Å². The van der Waals surface area contributed by atoms with Crippen molar-refractivity contribution in [1.82, 2.24) is 20.0 Å². The lowest BCUT2D eigenvalue weighted by atomic mass is 9.85. The van der Waals surface area contributed by atoms with Gasteiger partial charge in [0.2, 0.25) is 0 Å². The normalized spacial score (nSPS) is 27.1. The molecule has 2 aliphatic heterocycles. The summed E-state index contributed by atoms with van der Waals surface area (Å²) in [7, 11) is 4.33. The van der Waals surface area contributed by atoms with Gasteiger partial charge in [-0.05, 0) is 64.8 Å². The predicted octanol–water partition coefficient (Wildman–Crippen LogP) is 1.19. The number of rotatable bonds is 7. The summed E-state index contributed by atoms with van der Waals surface area (Å²) in [5.41, 5.74) is 0. The molecule has 2 aliphatic rings. The van der Waals surface area contributed by atoms with Gasteiger partial charge >= 0.3 is 0 Å². The fourth-order valence-corrected chi connectivity index (χ4v) is 3.56. The molecule has 21 heavy (non-hydrogen) atoms. The number of piperazine rings is 1. The SMILES string of the molecule is CC(CCN1CCN(CCN(C)C)CC1)C1CCCNC1. The zero-order valence-electron chi connectivity index (χ0n) is 14.5. The van der Waals surface area contributed by atoms with E-state index < -0.39 is 0 Å². The first kappa shape index (κ1) is 17.2. The molecule has 2 atom stereocenters. The topological polar surface area (TPSA) is 21.8 Å². The van der Waals surface area contributed by atoms with Crippen LogP contribution in [0.4, 0.5) is 0 Å². The number of nitrogens with zero attached hydrogens (tertiary/aromatic N) is 3. The van der Waals surface area contributed by atoms with Crippen molar-refractivity contribution in [3.05, 3.63) is 0 Å². The summed E-state index contributed by atoms with van der Waals surface area (Å²) in [6, 6.07) is 0. The lowest BCUT2D eigenvalue weighted by Crippen LogP contribution is -2.48. The Kier molecular flexibility index (Phi) is 7.44. The maximum Gasteiger partial charge on any atom is 0.0110 e. The van der Waals surface area contributed by atoms with Gasteiger partial charge in [0.25, 0.3) is 0 Å². The Labute approximate surface area is 131 Å². The molecule has 4 nitrogen and oxygen atoms in total. The molecule has 2 heterocycles. The van der Waals surface area contributed by atoms with E-state index >= 15 is 0 Å². The molecule has 2 fully saturated rings. The molecule has 1 N–H and O–H groups in total. The van der Waals surface area contributed by atoms with E-state index in [9.17, 15) is 0 Å². The first-order valence-electron chi connectivity index (χ1n) is 8.95. The van der Waals surface area contributed by atoms with Crippen LogP contribution in [0.2, 0.25) is 0 Å². The second-order valence-corrected chi connectivity index (χ2v) is 7.36. The van der Waals surface area contributed by atoms with E-state index in [1.165, 1.54) is 78.2 Å². The quantitative estimate of drug-likeness (QED) is 0.762. The smallest absolute Gasteiger partial charge is 0.0110 e. The van der Waals surface area contributed by atoms with Gasteiger partial charge in [-0.15, -0.1) is 0 Å². The molecule has 4 heteroatoms. The van der Waals surface area contributed by atoms with E-state index in [0.717, 1.165) is 11.8 Å². The van der Waals surface area contributed by atoms with Gasteiger partial charge < -0.3 is 15.1 Å². The maximum absolute atomic E-state index is 3.56. The standard InChI is InChI=1S/C17H36N4/c1-16(17-5-4-7-18-15-17)6-8-20-11-13-21(14-12-20)10-9-19(2)3/h16-18H,4-15H2,1-3H3. The average Bonchev–Trinajstić information content (AvgIpc) is 2.52. The van der Waals surface area contributed by atoms with Gasteiger partial charge in [0.1, 0.15) is 0 Å². The molecule has 0 aliphatic carbocycles. The van der Waals surface area contributed by atoms with Crippen LogP contribution in [0.25, 0.3) is 0 Å². The molecule has 2 unspecified atom stereocenters. The Hall–Kier alpha value is -0.160. The third-order valence-electron chi connectivity index (χ3n) is 5.37. The highest BCUT2D eigenvalue weighted by molar-refractivity contribution is 4.77. The lowest BCUT2D eigenvalue weighted by Gasteiger charge is -2.36. The third-order valence-corrected chi connectivity index (χ3v) is 5.37. The van der Waals surface area contributed by atoms with Crippen molar-refractivity contribution in [2.75, 3.05) is 73.0 Å². The molecular weight excluding hydrogens is 260 g/mol. The summed E-state index contributed by atoms with van der Waals surface area (Å²) in [4.78, 5) is 7.58. The van der Waals surface area contributed by atoms with Crippen LogP contribution in [0, 0.1) is 11.8 Å². The van der Waals surface area contributed by atoms with Crippen LogP contribution >= 0.6 is 0 Å². The summed E-state index contributed by atoms with van der Waals surface area (Å²) in [5, 5.41) is 3.56. The van der Waals surface area contributed by atoms with Crippen LogP contribution in [-0.4, -0.2) is 87.7 Å². The van der Waals surface area contributed by atoms with Crippen molar-refractivity contribution >= 4 is 0 Å². The number of likely N-dealkylation sites (N-methyl/N-ethyl adjacent to an activating group) is 1. The summed E-state index contributed by atoms with van der Waals surface area (Å²) < 4.78 is 0. The van der Waals surface area contributed by atoms with Gasteiger partial charge in [0.15, 0.2) is 0 Å². The van der Waals surface area contributed by atoms with Gasteiger partial charge in [0.05, 0.1) is 0 Å². The summed E-state index contributed by atoms with van der Waals surface area (Å²) in [6.07, 6.45) is 4.19. The van der Waals surface area contributed by atoms with Crippen LogP contribution in [0.15, 0.2) is 0 Å². The van der Waals surface area contributed by atoms with Crippen LogP contribution in [0.1, 0.15) is 26.2 Å². The van der Waals surface area contributed by atoms with Crippen molar-refractivity contribution in [3.63, 3.8) is 0 Å². The number of hydrogen-bond acceptors (Lipinski definition) is 4. The molecule has 0 spiro atoms. The van der Waals surface area contributed by atoms with Gasteiger partial charge in [-0.2, -0.15) is 0 Å². The summed E-state index contributed by atoms with van der Waals surface area (Å²) >= 11 is 0. The molecule has 0 aromatic rings. The maximum atomic E-state index is 3.56. The van der Waals surface area contributed by atoms with Crippen molar-refractivity contribution in [2.24, 2.45) is 11.8 Å². The van der Waals surface area contributed by atoms with E-state index in [0.29, 0.717) is 0 Å². The van der Waals surface area contributed by atoms with E-state index in [2.05, 4.69) is 41.0 Å². The Morgan fingerprint density at radius 3 is 2.33 bits per heavy atom. The summed E-state index contributed by atoms with van der Waals surface area (Å²) in [6.45, 7) is 13.7. The van der Waals surface area contributed by atoms with Crippen LogP contribution in [0.5, 0.6) is 0 Å². The van der Waals surface area contributed by atoms with Crippen molar-refractivity contribution in [1.29, 1.82) is 0 Å². The predicted molar refractivity (Wildman–Crippen MR) is 90.8 cm³/mol. The van der Waals surface area contributed by atoms with E-state index in [-0.39, 0.29) is 0 Å². The second-order valence-electron chi connectivity index (χ2n) is 7.36. The minimum absolute atomic E-state index is 0.879. The molecule has 0 saturated carbocycles. The second kappa shape index (κ2) is 9.09. The van der Waals surface area contributed by atoms with E-state index in [1.807, 2.05) is 0 Å². The number of hydrogen-bond donors (Lipinski definition) is 1. The largest absolute Gasteiger partial charge is 0.316 e. The molecule has 2 saturated heterocycles. The van der Waals surface area contributed by atoms with Crippen molar-refractivity contribution < 1.29 is 0 Å². The minimum atomic E-state index is 0.879. The van der Waals surface area contributed by atoms with Crippen LogP contribution < -0.4 is 5.32 Å².